The van der Waals surface area contributed by atoms with E-state index in [9.17, 15) is 4.79 Å². The van der Waals surface area contributed by atoms with Crippen LogP contribution in [0.4, 0.5) is 4.79 Å². The van der Waals surface area contributed by atoms with E-state index in [4.69, 9.17) is 9.47 Å². The van der Waals surface area contributed by atoms with Crippen LogP contribution < -0.4 is 20.1 Å². The molecule has 1 atom stereocenters. The first-order chi connectivity index (χ1) is 12.2. The molecule has 0 unspecified atom stereocenters. The van der Waals surface area contributed by atoms with Crippen LogP contribution >= 0.6 is 0 Å². The monoisotopic (exact) mass is 340 g/mol. The maximum atomic E-state index is 12.1. The minimum atomic E-state index is -0.145. The van der Waals surface area contributed by atoms with Crippen LogP contribution in [-0.2, 0) is 12.8 Å². The molecule has 0 bridgehead atoms. The zero-order valence-electron chi connectivity index (χ0n) is 14.5. The highest BCUT2D eigenvalue weighted by atomic mass is 16.5. The van der Waals surface area contributed by atoms with Gasteiger partial charge in [-0.2, -0.15) is 0 Å². The second kappa shape index (κ2) is 8.42. The van der Waals surface area contributed by atoms with Crippen molar-refractivity contribution in [2.75, 3.05) is 20.3 Å². The molecule has 0 aromatic heterocycles. The fourth-order valence-electron chi connectivity index (χ4n) is 2.97. The van der Waals surface area contributed by atoms with Crippen LogP contribution in [0.2, 0.25) is 0 Å². The molecule has 0 saturated heterocycles. The van der Waals surface area contributed by atoms with Crippen molar-refractivity contribution in [1.82, 2.24) is 10.6 Å². The molecule has 3 rings (SSSR count). The van der Waals surface area contributed by atoms with Crippen LogP contribution in [0.3, 0.4) is 0 Å². The van der Waals surface area contributed by atoms with Gasteiger partial charge in [-0.1, -0.05) is 30.3 Å². The van der Waals surface area contributed by atoms with Crippen molar-refractivity contribution in [3.05, 3.63) is 59.7 Å². The summed E-state index contributed by atoms with van der Waals surface area (Å²) in [4.78, 5) is 12.1. The lowest BCUT2D eigenvalue weighted by Gasteiger charge is -2.26. The fourth-order valence-corrected chi connectivity index (χ4v) is 2.97. The molecule has 1 aliphatic heterocycles. The van der Waals surface area contributed by atoms with Gasteiger partial charge in [-0.05, 0) is 48.6 Å². The van der Waals surface area contributed by atoms with E-state index in [-0.39, 0.29) is 12.1 Å². The van der Waals surface area contributed by atoms with Gasteiger partial charge in [0.05, 0.1) is 13.2 Å². The summed E-state index contributed by atoms with van der Waals surface area (Å²) in [5, 5.41) is 5.90. The molecule has 25 heavy (non-hydrogen) atoms. The highest BCUT2D eigenvalue weighted by molar-refractivity contribution is 5.74. The number of carbonyl (C=O) groups is 1. The maximum Gasteiger partial charge on any atom is 0.315 e. The molecular weight excluding hydrogens is 316 g/mol. The van der Waals surface area contributed by atoms with E-state index in [1.165, 1.54) is 5.56 Å². The number of benzene rings is 2. The molecule has 5 nitrogen and oxygen atoms in total. The Morgan fingerprint density at radius 1 is 1.24 bits per heavy atom. The molecule has 132 valence electrons. The lowest BCUT2D eigenvalue weighted by molar-refractivity contribution is 0.214. The average Bonchev–Trinajstić information content (AvgIpc) is 2.65. The molecule has 2 amide bonds. The zero-order valence-corrected chi connectivity index (χ0v) is 14.5. The number of aryl methyl sites for hydroxylation is 1. The van der Waals surface area contributed by atoms with Crippen molar-refractivity contribution in [3.8, 4) is 11.5 Å². The summed E-state index contributed by atoms with van der Waals surface area (Å²) in [6.07, 6.45) is 2.61. The van der Waals surface area contributed by atoms with Crippen LogP contribution in [0.5, 0.6) is 11.5 Å². The SMILES string of the molecule is COc1ccc2c(c1)C[C@@H](NC(=O)NCCCc1ccccc1)CO2. The number of hydrogen-bond acceptors (Lipinski definition) is 3. The Kier molecular flexibility index (Phi) is 5.77. The lowest BCUT2D eigenvalue weighted by Crippen LogP contribution is -2.47. The summed E-state index contributed by atoms with van der Waals surface area (Å²) < 4.78 is 11.0. The van der Waals surface area contributed by atoms with Crippen LogP contribution in [0.1, 0.15) is 17.5 Å². The highest BCUT2D eigenvalue weighted by Gasteiger charge is 2.21. The smallest absolute Gasteiger partial charge is 0.315 e. The number of methoxy groups -OCH3 is 1. The van der Waals surface area contributed by atoms with Gasteiger partial charge in [0.25, 0.3) is 0 Å². The third kappa shape index (κ3) is 4.89. The molecule has 0 fully saturated rings. The van der Waals surface area contributed by atoms with E-state index in [0.29, 0.717) is 13.2 Å². The Balaban J connectivity index is 1.41. The Hall–Kier alpha value is -2.69. The largest absolute Gasteiger partial charge is 0.497 e. The van der Waals surface area contributed by atoms with Crippen LogP contribution in [-0.4, -0.2) is 32.3 Å². The molecule has 2 aromatic rings. The molecule has 0 radical (unpaired) electrons. The van der Waals surface area contributed by atoms with Crippen LogP contribution in [0, 0.1) is 0 Å². The summed E-state index contributed by atoms with van der Waals surface area (Å²) >= 11 is 0. The van der Waals surface area contributed by atoms with Crippen molar-refractivity contribution < 1.29 is 14.3 Å². The summed E-state index contributed by atoms with van der Waals surface area (Å²) in [5.41, 5.74) is 2.34. The Bertz CT molecular complexity index is 703. The van der Waals surface area contributed by atoms with Gasteiger partial charge in [0.15, 0.2) is 0 Å². The number of nitrogens with one attached hydrogen (secondary N) is 2. The molecule has 2 N–H and O–H groups in total. The summed E-state index contributed by atoms with van der Waals surface area (Å²) in [6, 6.07) is 15.9. The van der Waals surface area contributed by atoms with Crippen molar-refractivity contribution in [2.45, 2.75) is 25.3 Å². The number of ether oxygens (including phenoxy) is 2. The van der Waals surface area contributed by atoms with Gasteiger partial charge in [-0.25, -0.2) is 4.79 Å². The van der Waals surface area contributed by atoms with E-state index in [1.54, 1.807) is 7.11 Å². The van der Waals surface area contributed by atoms with E-state index < -0.39 is 0 Å². The Labute approximate surface area is 148 Å². The van der Waals surface area contributed by atoms with Gasteiger partial charge in [0, 0.05) is 6.54 Å². The average molecular weight is 340 g/mol. The summed E-state index contributed by atoms with van der Waals surface area (Å²) in [6.45, 7) is 1.13. The first-order valence-corrected chi connectivity index (χ1v) is 8.62. The fraction of sp³-hybridized carbons (Fsp3) is 0.350. The minimum absolute atomic E-state index is 0.0336. The predicted octanol–water partition coefficient (Wildman–Crippen LogP) is 2.93. The summed E-state index contributed by atoms with van der Waals surface area (Å²) in [5.74, 6) is 1.66. The number of urea groups is 1. The predicted molar refractivity (Wildman–Crippen MR) is 97.3 cm³/mol. The van der Waals surface area contributed by atoms with E-state index in [1.807, 2.05) is 36.4 Å². The minimum Gasteiger partial charge on any atom is -0.497 e. The first kappa shape index (κ1) is 17.1. The molecule has 5 heteroatoms. The van der Waals surface area contributed by atoms with Gasteiger partial charge in [-0.15, -0.1) is 0 Å². The molecule has 0 saturated carbocycles. The number of carbonyl (C=O) groups excluding carboxylic acids is 1. The number of hydrogen-bond donors (Lipinski definition) is 2. The topological polar surface area (TPSA) is 59.6 Å². The quantitative estimate of drug-likeness (QED) is 0.795. The van der Waals surface area contributed by atoms with Crippen molar-refractivity contribution in [1.29, 1.82) is 0 Å². The highest BCUT2D eigenvalue weighted by Crippen LogP contribution is 2.28. The summed E-state index contributed by atoms with van der Waals surface area (Å²) in [7, 11) is 1.64. The first-order valence-electron chi connectivity index (χ1n) is 8.62. The van der Waals surface area contributed by atoms with Gasteiger partial charge in [0.2, 0.25) is 0 Å². The number of rotatable bonds is 6. The van der Waals surface area contributed by atoms with Crippen molar-refractivity contribution in [2.24, 2.45) is 0 Å². The van der Waals surface area contributed by atoms with Gasteiger partial charge < -0.3 is 20.1 Å². The lowest BCUT2D eigenvalue weighted by atomic mass is 10.0. The van der Waals surface area contributed by atoms with E-state index >= 15 is 0 Å². The molecule has 1 aliphatic rings. The standard InChI is InChI=1S/C20H24N2O3/c1-24-18-9-10-19-16(13-18)12-17(14-25-19)22-20(23)21-11-5-8-15-6-3-2-4-7-15/h2-4,6-7,9-10,13,17H,5,8,11-12,14H2,1H3,(H2,21,22,23)/t17-/m1/s1. The van der Waals surface area contributed by atoms with Gasteiger partial charge in [0.1, 0.15) is 18.1 Å². The number of amides is 2. The van der Waals surface area contributed by atoms with Crippen molar-refractivity contribution >= 4 is 6.03 Å². The van der Waals surface area contributed by atoms with Gasteiger partial charge >= 0.3 is 6.03 Å². The van der Waals surface area contributed by atoms with E-state index in [2.05, 4.69) is 22.8 Å². The molecule has 0 spiro atoms. The third-order valence-corrected chi connectivity index (χ3v) is 4.28. The normalized spacial score (nSPS) is 15.6. The Morgan fingerprint density at radius 3 is 2.88 bits per heavy atom. The second-order valence-electron chi connectivity index (χ2n) is 6.18. The molecule has 2 aromatic carbocycles. The Morgan fingerprint density at radius 2 is 2.08 bits per heavy atom. The molecular formula is C20H24N2O3. The molecule has 1 heterocycles. The number of fused-ring (bicyclic) bond motifs is 1. The molecule has 0 aliphatic carbocycles. The van der Waals surface area contributed by atoms with Gasteiger partial charge in [-0.3, -0.25) is 0 Å². The van der Waals surface area contributed by atoms with Crippen LogP contribution in [0.15, 0.2) is 48.5 Å². The maximum absolute atomic E-state index is 12.1. The zero-order chi connectivity index (χ0) is 17.5. The van der Waals surface area contributed by atoms with E-state index in [0.717, 1.165) is 36.3 Å². The van der Waals surface area contributed by atoms with Crippen molar-refractivity contribution in [3.63, 3.8) is 0 Å². The van der Waals surface area contributed by atoms with Crippen LogP contribution in [0.25, 0.3) is 0 Å². The second-order valence-corrected chi connectivity index (χ2v) is 6.18. The third-order valence-electron chi connectivity index (χ3n) is 4.28.